The lowest BCUT2D eigenvalue weighted by Gasteiger charge is -2.40. The van der Waals surface area contributed by atoms with Gasteiger partial charge >= 0.3 is 0 Å². The van der Waals surface area contributed by atoms with Crippen LogP contribution in [0.15, 0.2) is 54.6 Å². The van der Waals surface area contributed by atoms with Gasteiger partial charge in [-0.05, 0) is 30.9 Å². The predicted molar refractivity (Wildman–Crippen MR) is 103 cm³/mol. The molecule has 0 radical (unpaired) electrons. The summed E-state index contributed by atoms with van der Waals surface area (Å²) >= 11 is 0. The number of carbonyl (C=O) groups is 2. The monoisotopic (exact) mass is 350 g/mol. The molecule has 0 unspecified atom stereocenters. The average molecular weight is 350 g/mol. The van der Waals surface area contributed by atoms with Crippen molar-refractivity contribution >= 4 is 11.8 Å². The van der Waals surface area contributed by atoms with E-state index in [4.69, 9.17) is 0 Å². The fourth-order valence-corrected chi connectivity index (χ4v) is 3.66. The maximum absolute atomic E-state index is 13.2. The number of benzene rings is 2. The molecule has 26 heavy (non-hydrogen) atoms. The van der Waals surface area contributed by atoms with Crippen molar-refractivity contribution in [2.75, 3.05) is 13.1 Å². The number of nitrogens with one attached hydrogen (secondary N) is 1. The lowest BCUT2D eigenvalue weighted by Crippen LogP contribution is -2.52. The normalized spacial score (nSPS) is 16.2. The third-order valence-corrected chi connectivity index (χ3v) is 5.40. The minimum atomic E-state index is -0.572. The van der Waals surface area contributed by atoms with Crippen molar-refractivity contribution in [1.82, 2.24) is 10.2 Å². The molecule has 1 N–H and O–H groups in total. The standard InChI is InChI=1S/C22H26N2O2/c1-17-8-10-19(11-9-17)16-23-21(26)22(20-6-4-3-5-7-20)12-14-24(15-13-22)18(2)25/h3-11H,12-16H2,1-2H3,(H,23,26). The van der Waals surface area contributed by atoms with E-state index in [1.807, 2.05) is 47.4 Å². The number of likely N-dealkylation sites (tertiary alicyclic amines) is 1. The number of carbonyl (C=O) groups excluding carboxylic acids is 2. The van der Waals surface area contributed by atoms with Gasteiger partial charge in [-0.15, -0.1) is 0 Å². The van der Waals surface area contributed by atoms with E-state index in [-0.39, 0.29) is 11.8 Å². The van der Waals surface area contributed by atoms with Gasteiger partial charge in [0.05, 0.1) is 5.41 Å². The summed E-state index contributed by atoms with van der Waals surface area (Å²) in [6.07, 6.45) is 1.30. The van der Waals surface area contributed by atoms with E-state index in [0.29, 0.717) is 32.5 Å². The highest BCUT2D eigenvalue weighted by Crippen LogP contribution is 2.36. The molecule has 0 spiro atoms. The van der Waals surface area contributed by atoms with Crippen LogP contribution in [0.1, 0.15) is 36.5 Å². The van der Waals surface area contributed by atoms with Crippen molar-refractivity contribution in [2.45, 2.75) is 38.6 Å². The molecule has 0 saturated carbocycles. The topological polar surface area (TPSA) is 49.4 Å². The van der Waals surface area contributed by atoms with Crippen molar-refractivity contribution in [3.8, 4) is 0 Å². The van der Waals surface area contributed by atoms with Crippen LogP contribution in [0.25, 0.3) is 0 Å². The highest BCUT2D eigenvalue weighted by atomic mass is 16.2. The largest absolute Gasteiger partial charge is 0.351 e. The van der Waals surface area contributed by atoms with Crippen LogP contribution in [0.4, 0.5) is 0 Å². The van der Waals surface area contributed by atoms with Crippen molar-refractivity contribution in [3.05, 3.63) is 71.3 Å². The Hall–Kier alpha value is -2.62. The quantitative estimate of drug-likeness (QED) is 0.921. The van der Waals surface area contributed by atoms with E-state index in [9.17, 15) is 9.59 Å². The van der Waals surface area contributed by atoms with Crippen LogP contribution in [0.5, 0.6) is 0 Å². The second-order valence-corrected chi connectivity index (χ2v) is 7.12. The highest BCUT2D eigenvalue weighted by Gasteiger charge is 2.43. The van der Waals surface area contributed by atoms with Crippen molar-refractivity contribution in [3.63, 3.8) is 0 Å². The Morgan fingerprint density at radius 2 is 1.62 bits per heavy atom. The smallest absolute Gasteiger partial charge is 0.231 e. The summed E-state index contributed by atoms with van der Waals surface area (Å²) in [5, 5.41) is 3.13. The fourth-order valence-electron chi connectivity index (χ4n) is 3.66. The molecule has 4 nitrogen and oxygen atoms in total. The van der Waals surface area contributed by atoms with E-state index < -0.39 is 5.41 Å². The van der Waals surface area contributed by atoms with Gasteiger partial charge in [-0.2, -0.15) is 0 Å². The average Bonchev–Trinajstić information content (AvgIpc) is 2.68. The summed E-state index contributed by atoms with van der Waals surface area (Å²) in [6.45, 7) is 5.39. The molecule has 0 aliphatic carbocycles. The summed E-state index contributed by atoms with van der Waals surface area (Å²) in [6, 6.07) is 18.2. The van der Waals surface area contributed by atoms with Crippen LogP contribution in [-0.2, 0) is 21.5 Å². The summed E-state index contributed by atoms with van der Waals surface area (Å²) in [5.74, 6) is 0.124. The molecular formula is C22H26N2O2. The Labute approximate surface area is 155 Å². The molecule has 1 aliphatic rings. The number of amides is 2. The molecule has 2 amide bonds. The van der Waals surface area contributed by atoms with Crippen LogP contribution >= 0.6 is 0 Å². The number of hydrogen-bond acceptors (Lipinski definition) is 2. The van der Waals surface area contributed by atoms with E-state index >= 15 is 0 Å². The Kier molecular flexibility index (Phi) is 5.40. The minimum Gasteiger partial charge on any atom is -0.351 e. The van der Waals surface area contributed by atoms with Crippen LogP contribution < -0.4 is 5.32 Å². The second-order valence-electron chi connectivity index (χ2n) is 7.12. The molecular weight excluding hydrogens is 324 g/mol. The van der Waals surface area contributed by atoms with Gasteiger partial charge in [0.1, 0.15) is 0 Å². The van der Waals surface area contributed by atoms with Crippen LogP contribution in [0.2, 0.25) is 0 Å². The van der Waals surface area contributed by atoms with E-state index in [2.05, 4.69) is 24.4 Å². The van der Waals surface area contributed by atoms with Crippen molar-refractivity contribution < 1.29 is 9.59 Å². The number of aryl methyl sites for hydroxylation is 1. The van der Waals surface area contributed by atoms with Crippen molar-refractivity contribution in [2.24, 2.45) is 0 Å². The van der Waals surface area contributed by atoms with E-state index in [1.54, 1.807) is 6.92 Å². The molecule has 3 rings (SSSR count). The number of rotatable bonds is 4. The maximum atomic E-state index is 13.2. The lowest BCUT2D eigenvalue weighted by molar-refractivity contribution is -0.135. The first kappa shape index (κ1) is 18.2. The number of hydrogen-bond donors (Lipinski definition) is 1. The molecule has 1 heterocycles. The van der Waals surface area contributed by atoms with E-state index in [0.717, 1.165) is 11.1 Å². The first-order chi connectivity index (χ1) is 12.5. The molecule has 2 aromatic rings. The third-order valence-electron chi connectivity index (χ3n) is 5.40. The Balaban J connectivity index is 1.78. The molecule has 0 atom stereocenters. The number of nitrogens with zero attached hydrogens (tertiary/aromatic N) is 1. The van der Waals surface area contributed by atoms with Gasteiger partial charge in [0.25, 0.3) is 0 Å². The molecule has 1 fully saturated rings. The maximum Gasteiger partial charge on any atom is 0.231 e. The summed E-state index contributed by atoms with van der Waals surface area (Å²) in [5.41, 5.74) is 2.76. The first-order valence-electron chi connectivity index (χ1n) is 9.16. The minimum absolute atomic E-state index is 0.0486. The molecule has 136 valence electrons. The third kappa shape index (κ3) is 3.79. The van der Waals surface area contributed by atoms with Crippen LogP contribution in [-0.4, -0.2) is 29.8 Å². The lowest BCUT2D eigenvalue weighted by atomic mass is 9.72. The van der Waals surface area contributed by atoms with Gasteiger partial charge in [-0.3, -0.25) is 9.59 Å². The number of piperidine rings is 1. The zero-order valence-electron chi connectivity index (χ0n) is 15.5. The molecule has 1 saturated heterocycles. The molecule has 0 bridgehead atoms. The van der Waals surface area contributed by atoms with Crippen molar-refractivity contribution in [1.29, 1.82) is 0 Å². The zero-order chi connectivity index (χ0) is 18.6. The predicted octanol–water partition coefficient (Wildman–Crippen LogP) is 3.19. The van der Waals surface area contributed by atoms with Crippen LogP contribution in [0, 0.1) is 6.92 Å². The second kappa shape index (κ2) is 7.73. The van der Waals surface area contributed by atoms with Crippen LogP contribution in [0.3, 0.4) is 0 Å². The molecule has 4 heteroatoms. The first-order valence-corrected chi connectivity index (χ1v) is 9.16. The Bertz CT molecular complexity index is 760. The fraction of sp³-hybridized carbons (Fsp3) is 0.364. The zero-order valence-corrected chi connectivity index (χ0v) is 15.5. The van der Waals surface area contributed by atoms with Gasteiger partial charge in [0.2, 0.25) is 11.8 Å². The van der Waals surface area contributed by atoms with Gasteiger partial charge in [-0.1, -0.05) is 60.2 Å². The van der Waals surface area contributed by atoms with Gasteiger partial charge in [-0.25, -0.2) is 0 Å². The van der Waals surface area contributed by atoms with Gasteiger partial charge in [0, 0.05) is 26.6 Å². The Morgan fingerprint density at radius 3 is 2.19 bits per heavy atom. The summed E-state index contributed by atoms with van der Waals surface area (Å²) in [7, 11) is 0. The summed E-state index contributed by atoms with van der Waals surface area (Å²) < 4.78 is 0. The van der Waals surface area contributed by atoms with E-state index in [1.165, 1.54) is 5.56 Å². The Morgan fingerprint density at radius 1 is 1.00 bits per heavy atom. The molecule has 0 aromatic heterocycles. The highest BCUT2D eigenvalue weighted by molar-refractivity contribution is 5.88. The van der Waals surface area contributed by atoms with Gasteiger partial charge < -0.3 is 10.2 Å². The summed E-state index contributed by atoms with van der Waals surface area (Å²) in [4.78, 5) is 26.7. The SMILES string of the molecule is CC(=O)N1CCC(C(=O)NCc2ccc(C)cc2)(c2ccccc2)CC1. The molecule has 1 aliphatic heterocycles. The van der Waals surface area contributed by atoms with Gasteiger partial charge in [0.15, 0.2) is 0 Å². The molecule has 2 aromatic carbocycles.